The fourth-order valence-corrected chi connectivity index (χ4v) is 1.29. The predicted octanol–water partition coefficient (Wildman–Crippen LogP) is 1.29. The van der Waals surface area contributed by atoms with E-state index < -0.39 is 0 Å². The van der Waals surface area contributed by atoms with Crippen LogP contribution in [-0.4, -0.2) is 24.5 Å². The first-order chi connectivity index (χ1) is 7.10. The van der Waals surface area contributed by atoms with Crippen LogP contribution in [0, 0.1) is 12.3 Å². The molecule has 0 aromatic carbocycles. The van der Waals surface area contributed by atoms with E-state index in [2.05, 4.69) is 23.5 Å². The molecule has 1 atom stereocenters. The molecular weight excluding hydrogens is 188 g/mol. The minimum atomic E-state index is 0.0739. The van der Waals surface area contributed by atoms with Gasteiger partial charge in [0.15, 0.2) is 0 Å². The van der Waals surface area contributed by atoms with Crippen molar-refractivity contribution >= 4 is 5.91 Å². The zero-order valence-electron chi connectivity index (χ0n) is 9.97. The van der Waals surface area contributed by atoms with Crippen LogP contribution < -0.4 is 10.6 Å². The first-order valence-electron chi connectivity index (χ1n) is 5.59. The number of carbonyl (C=O) groups excluding carboxylic acids is 1. The molecule has 3 nitrogen and oxygen atoms in total. The van der Waals surface area contributed by atoms with E-state index in [4.69, 9.17) is 6.42 Å². The predicted molar refractivity (Wildman–Crippen MR) is 63.4 cm³/mol. The average Bonchev–Trinajstić information content (AvgIpc) is 2.15. The summed E-state index contributed by atoms with van der Waals surface area (Å²) in [6.45, 7) is 6.64. The molecule has 0 bridgehead atoms. The van der Waals surface area contributed by atoms with Gasteiger partial charge in [-0.15, -0.1) is 6.42 Å². The molecule has 0 aliphatic heterocycles. The molecule has 3 heteroatoms. The van der Waals surface area contributed by atoms with Gasteiger partial charge in [-0.3, -0.25) is 4.79 Å². The molecular formula is C12H22N2O. The van der Waals surface area contributed by atoms with Crippen molar-refractivity contribution in [2.45, 2.75) is 52.1 Å². The van der Waals surface area contributed by atoms with Crippen molar-refractivity contribution in [2.75, 3.05) is 6.54 Å². The van der Waals surface area contributed by atoms with Crippen molar-refractivity contribution in [3.05, 3.63) is 0 Å². The maximum absolute atomic E-state index is 11.3. The molecule has 2 N–H and O–H groups in total. The summed E-state index contributed by atoms with van der Waals surface area (Å²) in [5.41, 5.74) is 0. The molecule has 0 aromatic heterocycles. The van der Waals surface area contributed by atoms with Crippen LogP contribution in [0.2, 0.25) is 0 Å². The Hall–Kier alpha value is -1.01. The number of carbonyl (C=O) groups is 1. The monoisotopic (exact) mass is 210 g/mol. The van der Waals surface area contributed by atoms with Gasteiger partial charge in [0, 0.05) is 19.0 Å². The number of hydrogen-bond acceptors (Lipinski definition) is 2. The number of nitrogens with one attached hydrogen (secondary N) is 2. The SMILES string of the molecule is C#CC(CCC)NCCC(=O)NC(C)C. The van der Waals surface area contributed by atoms with Gasteiger partial charge in [0.05, 0.1) is 6.04 Å². The van der Waals surface area contributed by atoms with Crippen molar-refractivity contribution in [3.8, 4) is 12.3 Å². The van der Waals surface area contributed by atoms with E-state index in [1.807, 2.05) is 13.8 Å². The lowest BCUT2D eigenvalue weighted by Crippen LogP contribution is -2.35. The quantitative estimate of drug-likeness (QED) is 0.622. The van der Waals surface area contributed by atoms with E-state index in [9.17, 15) is 4.79 Å². The fourth-order valence-electron chi connectivity index (χ4n) is 1.29. The van der Waals surface area contributed by atoms with E-state index in [0.717, 1.165) is 12.8 Å². The third-order valence-electron chi connectivity index (χ3n) is 1.97. The first kappa shape index (κ1) is 14.0. The van der Waals surface area contributed by atoms with Gasteiger partial charge in [-0.1, -0.05) is 19.3 Å². The maximum atomic E-state index is 11.3. The summed E-state index contributed by atoms with van der Waals surface area (Å²) in [7, 11) is 0. The fraction of sp³-hybridized carbons (Fsp3) is 0.750. The summed E-state index contributed by atoms with van der Waals surface area (Å²) in [6.07, 6.45) is 7.85. The highest BCUT2D eigenvalue weighted by molar-refractivity contribution is 5.76. The molecule has 1 unspecified atom stereocenters. The lowest BCUT2D eigenvalue weighted by molar-refractivity contribution is -0.121. The molecule has 86 valence electrons. The van der Waals surface area contributed by atoms with Crippen molar-refractivity contribution in [1.82, 2.24) is 10.6 Å². The zero-order valence-corrected chi connectivity index (χ0v) is 9.97. The average molecular weight is 210 g/mol. The Bertz CT molecular complexity index is 218. The number of hydrogen-bond donors (Lipinski definition) is 2. The van der Waals surface area contributed by atoms with Crippen LogP contribution in [0.4, 0.5) is 0 Å². The summed E-state index contributed by atoms with van der Waals surface area (Å²) in [5, 5.41) is 6.01. The van der Waals surface area contributed by atoms with Gasteiger partial charge < -0.3 is 10.6 Å². The summed E-state index contributed by atoms with van der Waals surface area (Å²) in [6, 6.07) is 0.304. The molecule has 0 fully saturated rings. The van der Waals surface area contributed by atoms with E-state index in [1.54, 1.807) is 0 Å². The highest BCUT2D eigenvalue weighted by Gasteiger charge is 2.05. The van der Waals surface area contributed by atoms with Gasteiger partial charge in [0.1, 0.15) is 0 Å². The van der Waals surface area contributed by atoms with Crippen LogP contribution in [0.25, 0.3) is 0 Å². The molecule has 15 heavy (non-hydrogen) atoms. The molecule has 0 aliphatic rings. The van der Waals surface area contributed by atoms with Crippen LogP contribution in [0.5, 0.6) is 0 Å². The Balaban J connectivity index is 3.60. The van der Waals surface area contributed by atoms with E-state index >= 15 is 0 Å². The lowest BCUT2D eigenvalue weighted by Gasteiger charge is -2.12. The normalized spacial score (nSPS) is 12.2. The molecule has 0 spiro atoms. The minimum Gasteiger partial charge on any atom is -0.354 e. The van der Waals surface area contributed by atoms with Crippen LogP contribution in [-0.2, 0) is 4.79 Å². The second-order valence-corrected chi connectivity index (χ2v) is 3.93. The van der Waals surface area contributed by atoms with Crippen molar-refractivity contribution in [2.24, 2.45) is 0 Å². The standard InChI is InChI=1S/C12H22N2O/c1-5-7-11(6-2)13-9-8-12(15)14-10(3)4/h2,10-11,13H,5,7-9H2,1,3-4H3,(H,14,15). The molecule has 0 aromatic rings. The smallest absolute Gasteiger partial charge is 0.221 e. The summed E-state index contributed by atoms with van der Waals surface area (Å²) in [4.78, 5) is 11.3. The third-order valence-corrected chi connectivity index (χ3v) is 1.97. The Morgan fingerprint density at radius 2 is 2.13 bits per heavy atom. The van der Waals surface area contributed by atoms with Gasteiger partial charge in [0.2, 0.25) is 5.91 Å². The number of rotatable bonds is 7. The Kier molecular flexibility index (Phi) is 7.75. The topological polar surface area (TPSA) is 41.1 Å². The molecule has 0 saturated carbocycles. The second-order valence-electron chi connectivity index (χ2n) is 3.93. The summed E-state index contributed by atoms with van der Waals surface area (Å²) >= 11 is 0. The Morgan fingerprint density at radius 1 is 1.47 bits per heavy atom. The molecule has 1 amide bonds. The highest BCUT2D eigenvalue weighted by Crippen LogP contribution is 1.94. The largest absolute Gasteiger partial charge is 0.354 e. The van der Waals surface area contributed by atoms with Crippen LogP contribution in [0.15, 0.2) is 0 Å². The molecule has 0 rings (SSSR count). The van der Waals surface area contributed by atoms with Crippen LogP contribution in [0.3, 0.4) is 0 Å². The third kappa shape index (κ3) is 8.02. The highest BCUT2D eigenvalue weighted by atomic mass is 16.1. The second kappa shape index (κ2) is 8.31. The summed E-state index contributed by atoms with van der Waals surface area (Å²) in [5.74, 6) is 2.75. The van der Waals surface area contributed by atoms with Gasteiger partial charge in [-0.05, 0) is 20.3 Å². The maximum Gasteiger partial charge on any atom is 0.221 e. The van der Waals surface area contributed by atoms with Gasteiger partial charge >= 0.3 is 0 Å². The molecule has 0 saturated heterocycles. The first-order valence-corrected chi connectivity index (χ1v) is 5.59. The molecule has 0 radical (unpaired) electrons. The Morgan fingerprint density at radius 3 is 2.60 bits per heavy atom. The van der Waals surface area contributed by atoms with E-state index in [-0.39, 0.29) is 18.0 Å². The van der Waals surface area contributed by atoms with Gasteiger partial charge in [-0.25, -0.2) is 0 Å². The van der Waals surface area contributed by atoms with Crippen molar-refractivity contribution < 1.29 is 4.79 Å². The molecule has 0 heterocycles. The lowest BCUT2D eigenvalue weighted by atomic mass is 10.2. The molecule has 0 aliphatic carbocycles. The van der Waals surface area contributed by atoms with E-state index in [0.29, 0.717) is 13.0 Å². The van der Waals surface area contributed by atoms with Crippen LogP contribution >= 0.6 is 0 Å². The zero-order chi connectivity index (χ0) is 11.7. The minimum absolute atomic E-state index is 0.0739. The van der Waals surface area contributed by atoms with Gasteiger partial charge in [-0.2, -0.15) is 0 Å². The number of amides is 1. The van der Waals surface area contributed by atoms with E-state index in [1.165, 1.54) is 0 Å². The van der Waals surface area contributed by atoms with Crippen LogP contribution in [0.1, 0.15) is 40.0 Å². The Labute approximate surface area is 93.0 Å². The number of terminal acetylenes is 1. The van der Waals surface area contributed by atoms with Crippen molar-refractivity contribution in [3.63, 3.8) is 0 Å². The van der Waals surface area contributed by atoms with Gasteiger partial charge in [0.25, 0.3) is 0 Å². The van der Waals surface area contributed by atoms with Crippen molar-refractivity contribution in [1.29, 1.82) is 0 Å². The summed E-state index contributed by atoms with van der Waals surface area (Å²) < 4.78 is 0.